The molecule has 0 unspecified atom stereocenters. The van der Waals surface area contributed by atoms with Gasteiger partial charge in [0.2, 0.25) is 0 Å². The molecule has 0 atom stereocenters. The standard InChI is InChI=1S/C12H11F3N4O4S/c1-2-3-4-17-9-8(18(20)21)5-7(12(13,14)15)11(24-6-16)10(9)19(22)23/h5,17H,2-4H2,1H3. The number of hydrogen-bond donors (Lipinski definition) is 1. The molecular formula is C12H11F3N4O4S. The molecule has 0 aliphatic rings. The minimum atomic E-state index is -5.09. The van der Waals surface area contributed by atoms with Gasteiger partial charge in [0.25, 0.3) is 5.69 Å². The second kappa shape index (κ2) is 7.82. The molecule has 130 valence electrons. The van der Waals surface area contributed by atoms with Crippen LogP contribution in [0.4, 0.5) is 30.2 Å². The number of unbranched alkanes of at least 4 members (excludes halogenated alkanes) is 1. The normalized spacial score (nSPS) is 11.0. The summed E-state index contributed by atoms with van der Waals surface area (Å²) in [7, 11) is 0. The van der Waals surface area contributed by atoms with Gasteiger partial charge in [0.15, 0.2) is 5.69 Å². The Morgan fingerprint density at radius 3 is 2.38 bits per heavy atom. The third-order valence-corrected chi connectivity index (χ3v) is 3.61. The molecule has 1 rings (SSSR count). The number of nitro benzene ring substituents is 2. The minimum absolute atomic E-state index is 0.0612. The zero-order valence-electron chi connectivity index (χ0n) is 12.2. The minimum Gasteiger partial charge on any atom is -0.374 e. The van der Waals surface area contributed by atoms with Gasteiger partial charge in [-0.05, 0) is 18.2 Å². The molecule has 0 saturated heterocycles. The molecule has 1 aromatic carbocycles. The maximum absolute atomic E-state index is 13.1. The van der Waals surface area contributed by atoms with Crippen LogP contribution in [0.15, 0.2) is 11.0 Å². The van der Waals surface area contributed by atoms with Gasteiger partial charge in [-0.3, -0.25) is 20.2 Å². The number of alkyl halides is 3. The van der Waals surface area contributed by atoms with E-state index in [0.29, 0.717) is 12.8 Å². The van der Waals surface area contributed by atoms with Crippen LogP contribution >= 0.6 is 11.8 Å². The Labute approximate surface area is 137 Å². The Kier molecular flexibility index (Phi) is 6.35. The fourth-order valence-electron chi connectivity index (χ4n) is 1.88. The first kappa shape index (κ1) is 19.5. The summed E-state index contributed by atoms with van der Waals surface area (Å²) in [6.45, 7) is 1.90. The first-order chi connectivity index (χ1) is 11.1. The van der Waals surface area contributed by atoms with Crippen LogP contribution in [0.3, 0.4) is 0 Å². The van der Waals surface area contributed by atoms with E-state index < -0.39 is 43.5 Å². The van der Waals surface area contributed by atoms with Crippen LogP contribution in [0, 0.1) is 30.9 Å². The maximum atomic E-state index is 13.1. The predicted molar refractivity (Wildman–Crippen MR) is 79.6 cm³/mol. The fraction of sp³-hybridized carbons (Fsp3) is 0.417. The molecule has 0 radical (unpaired) electrons. The number of nitriles is 1. The number of thiocyanates is 1. The Hall–Kier alpha value is -2.55. The van der Waals surface area contributed by atoms with E-state index in [2.05, 4.69) is 5.32 Å². The number of nitrogens with one attached hydrogen (secondary N) is 1. The zero-order chi connectivity index (χ0) is 18.5. The van der Waals surface area contributed by atoms with E-state index in [1.165, 1.54) is 5.40 Å². The monoisotopic (exact) mass is 364 g/mol. The SMILES string of the molecule is CCCCNc1c([N+](=O)[O-])cc(C(F)(F)F)c(SC#N)c1[N+](=O)[O-]. The molecular weight excluding hydrogens is 353 g/mol. The lowest BCUT2D eigenvalue weighted by Crippen LogP contribution is -2.13. The van der Waals surface area contributed by atoms with Crippen molar-refractivity contribution in [3.63, 3.8) is 0 Å². The van der Waals surface area contributed by atoms with E-state index in [9.17, 15) is 33.4 Å². The lowest BCUT2D eigenvalue weighted by Gasteiger charge is -2.14. The van der Waals surface area contributed by atoms with Gasteiger partial charge < -0.3 is 5.32 Å². The van der Waals surface area contributed by atoms with Crippen LogP contribution in [0.25, 0.3) is 0 Å². The van der Waals surface area contributed by atoms with Gasteiger partial charge in [-0.25, -0.2) is 0 Å². The van der Waals surface area contributed by atoms with E-state index in [-0.39, 0.29) is 24.4 Å². The van der Waals surface area contributed by atoms with Crippen molar-refractivity contribution in [3.8, 4) is 5.40 Å². The summed E-state index contributed by atoms with van der Waals surface area (Å²) in [5.41, 5.74) is -4.41. The second-order valence-electron chi connectivity index (χ2n) is 4.48. The molecule has 0 aliphatic heterocycles. The molecule has 12 heteroatoms. The number of thioether (sulfide) groups is 1. The number of nitrogens with zero attached hydrogens (tertiary/aromatic N) is 3. The third kappa shape index (κ3) is 4.25. The van der Waals surface area contributed by atoms with Gasteiger partial charge in [0, 0.05) is 12.6 Å². The molecule has 0 saturated carbocycles. The molecule has 0 aromatic heterocycles. The van der Waals surface area contributed by atoms with Crippen molar-refractivity contribution in [1.82, 2.24) is 0 Å². The van der Waals surface area contributed by atoms with Crippen LogP contribution in [-0.2, 0) is 6.18 Å². The number of benzene rings is 1. The molecule has 0 fully saturated rings. The summed E-state index contributed by atoms with van der Waals surface area (Å²) in [5, 5.41) is 34.8. The Bertz CT molecular complexity index is 703. The predicted octanol–water partition coefficient (Wildman–Crippen LogP) is 4.31. The van der Waals surface area contributed by atoms with Crippen molar-refractivity contribution in [2.45, 2.75) is 30.8 Å². The van der Waals surface area contributed by atoms with E-state index in [4.69, 9.17) is 5.26 Å². The third-order valence-electron chi connectivity index (χ3n) is 2.90. The Morgan fingerprint density at radius 2 is 1.96 bits per heavy atom. The first-order valence-electron chi connectivity index (χ1n) is 6.51. The molecule has 0 heterocycles. The zero-order valence-corrected chi connectivity index (χ0v) is 13.0. The molecule has 1 N–H and O–H groups in total. The van der Waals surface area contributed by atoms with Crippen molar-refractivity contribution in [1.29, 1.82) is 5.26 Å². The van der Waals surface area contributed by atoms with Crippen molar-refractivity contribution in [3.05, 3.63) is 31.9 Å². The van der Waals surface area contributed by atoms with E-state index in [1.807, 2.05) is 0 Å². The number of anilines is 1. The van der Waals surface area contributed by atoms with Crippen molar-refractivity contribution in [2.75, 3.05) is 11.9 Å². The van der Waals surface area contributed by atoms with Crippen molar-refractivity contribution in [2.24, 2.45) is 0 Å². The van der Waals surface area contributed by atoms with Gasteiger partial charge in [0.1, 0.15) is 10.3 Å². The highest BCUT2D eigenvalue weighted by molar-refractivity contribution is 8.04. The fourth-order valence-corrected chi connectivity index (χ4v) is 2.53. The van der Waals surface area contributed by atoms with Crippen LogP contribution in [0.5, 0.6) is 0 Å². The molecule has 1 aromatic rings. The summed E-state index contributed by atoms with van der Waals surface area (Å²) in [4.78, 5) is 19.1. The summed E-state index contributed by atoms with van der Waals surface area (Å²) < 4.78 is 39.3. The smallest absolute Gasteiger partial charge is 0.374 e. The van der Waals surface area contributed by atoms with Crippen LogP contribution in [0.1, 0.15) is 25.3 Å². The molecule has 0 amide bonds. The highest BCUT2D eigenvalue weighted by Gasteiger charge is 2.42. The largest absolute Gasteiger partial charge is 0.418 e. The summed E-state index contributed by atoms with van der Waals surface area (Å²) in [5.74, 6) is 0. The molecule has 0 spiro atoms. The lowest BCUT2D eigenvalue weighted by atomic mass is 10.1. The number of halogens is 3. The Balaban J connectivity index is 3.78. The van der Waals surface area contributed by atoms with E-state index in [1.54, 1.807) is 6.92 Å². The molecule has 8 nitrogen and oxygen atoms in total. The van der Waals surface area contributed by atoms with Gasteiger partial charge in [-0.1, -0.05) is 13.3 Å². The maximum Gasteiger partial charge on any atom is 0.418 e. The molecule has 0 aliphatic carbocycles. The Morgan fingerprint density at radius 1 is 1.33 bits per heavy atom. The highest BCUT2D eigenvalue weighted by atomic mass is 32.2. The number of rotatable bonds is 7. The number of nitro groups is 2. The average Bonchev–Trinajstić information content (AvgIpc) is 2.45. The van der Waals surface area contributed by atoms with E-state index in [0.717, 1.165) is 0 Å². The highest BCUT2D eigenvalue weighted by Crippen LogP contribution is 2.48. The van der Waals surface area contributed by atoms with Crippen LogP contribution in [-0.4, -0.2) is 16.4 Å². The topological polar surface area (TPSA) is 122 Å². The summed E-state index contributed by atoms with van der Waals surface area (Å²) in [6.07, 6.45) is -3.93. The van der Waals surface area contributed by atoms with Gasteiger partial charge in [-0.15, -0.1) is 0 Å². The van der Waals surface area contributed by atoms with E-state index >= 15 is 0 Å². The summed E-state index contributed by atoms with van der Waals surface area (Å²) >= 11 is -0.0612. The number of hydrogen-bond acceptors (Lipinski definition) is 7. The summed E-state index contributed by atoms with van der Waals surface area (Å²) in [6, 6.07) is 0.209. The first-order valence-corrected chi connectivity index (χ1v) is 7.33. The van der Waals surface area contributed by atoms with Crippen molar-refractivity contribution >= 4 is 28.8 Å². The second-order valence-corrected chi connectivity index (χ2v) is 5.28. The van der Waals surface area contributed by atoms with Crippen LogP contribution in [0.2, 0.25) is 0 Å². The van der Waals surface area contributed by atoms with Crippen LogP contribution < -0.4 is 5.32 Å². The van der Waals surface area contributed by atoms with Crippen molar-refractivity contribution < 1.29 is 23.0 Å². The average molecular weight is 364 g/mol. The molecule has 0 bridgehead atoms. The van der Waals surface area contributed by atoms with Gasteiger partial charge >= 0.3 is 11.9 Å². The van der Waals surface area contributed by atoms with Gasteiger partial charge in [-0.2, -0.15) is 18.4 Å². The quantitative estimate of drug-likeness (QED) is 0.251. The molecule has 24 heavy (non-hydrogen) atoms. The van der Waals surface area contributed by atoms with Gasteiger partial charge in [0.05, 0.1) is 15.4 Å². The lowest BCUT2D eigenvalue weighted by molar-refractivity contribution is -0.394.